The third-order valence-corrected chi connectivity index (χ3v) is 4.38. The van der Waals surface area contributed by atoms with Crippen molar-refractivity contribution in [3.05, 3.63) is 0 Å². The van der Waals surface area contributed by atoms with Crippen molar-refractivity contribution >= 4 is 18.3 Å². The quantitative estimate of drug-likeness (QED) is 0.263. The van der Waals surface area contributed by atoms with Gasteiger partial charge in [-0.2, -0.15) is 0 Å². The smallest absolute Gasteiger partial charge is 0.410 e. The van der Waals surface area contributed by atoms with Crippen LogP contribution >= 0.6 is 0 Å². The van der Waals surface area contributed by atoms with Gasteiger partial charge in [0.15, 0.2) is 0 Å². The van der Waals surface area contributed by atoms with Crippen molar-refractivity contribution in [3.8, 4) is 0 Å². The lowest BCUT2D eigenvalue weighted by molar-refractivity contribution is 0.0240. The first-order chi connectivity index (χ1) is 15.9. The van der Waals surface area contributed by atoms with E-state index in [1.165, 1.54) is 0 Å². The largest absolute Gasteiger partial charge is 0.444 e. The van der Waals surface area contributed by atoms with E-state index < -0.39 is 35.1 Å². The molecule has 0 aliphatic rings. The Bertz CT molecular complexity index is 650. The van der Waals surface area contributed by atoms with Crippen LogP contribution in [0.4, 0.5) is 14.4 Å². The van der Waals surface area contributed by atoms with Crippen molar-refractivity contribution in [1.82, 2.24) is 15.5 Å². The highest BCUT2D eigenvalue weighted by atomic mass is 16.6. The van der Waals surface area contributed by atoms with E-state index >= 15 is 0 Å². The molecule has 1 unspecified atom stereocenters. The SMILES string of the molecule is CC(C)(C)OC(=O)NCCCN(CCCC(CCCN)NC(=O)OC(C)(C)C)C(=O)OC(C)(C)C. The summed E-state index contributed by atoms with van der Waals surface area (Å²) in [7, 11) is 0. The van der Waals surface area contributed by atoms with Crippen LogP contribution in [0.15, 0.2) is 0 Å². The van der Waals surface area contributed by atoms with E-state index in [4.69, 9.17) is 19.9 Å². The molecule has 0 radical (unpaired) electrons. The number of carbonyl (C=O) groups excluding carboxylic acids is 3. The number of carbonyl (C=O) groups is 3. The molecular weight excluding hydrogens is 452 g/mol. The minimum atomic E-state index is -0.619. The first-order valence-corrected chi connectivity index (χ1v) is 12.6. The highest BCUT2D eigenvalue weighted by molar-refractivity contribution is 5.69. The van der Waals surface area contributed by atoms with Crippen LogP contribution in [-0.2, 0) is 14.2 Å². The second kappa shape index (κ2) is 15.0. The van der Waals surface area contributed by atoms with Crippen LogP contribution in [0.5, 0.6) is 0 Å². The van der Waals surface area contributed by atoms with Gasteiger partial charge in [-0.1, -0.05) is 0 Å². The lowest BCUT2D eigenvalue weighted by atomic mass is 10.1. The maximum absolute atomic E-state index is 12.7. The molecule has 0 spiro atoms. The third-order valence-electron chi connectivity index (χ3n) is 4.38. The molecule has 3 amide bonds. The van der Waals surface area contributed by atoms with E-state index in [9.17, 15) is 14.4 Å². The molecule has 0 aliphatic carbocycles. The van der Waals surface area contributed by atoms with Crippen LogP contribution < -0.4 is 16.4 Å². The molecule has 4 N–H and O–H groups in total. The monoisotopic (exact) mass is 502 g/mol. The normalized spacial score (nSPS) is 13.0. The topological polar surface area (TPSA) is 132 Å². The van der Waals surface area contributed by atoms with Gasteiger partial charge in [-0.05, 0) is 101 Å². The highest BCUT2D eigenvalue weighted by Crippen LogP contribution is 2.14. The molecule has 206 valence electrons. The van der Waals surface area contributed by atoms with Gasteiger partial charge in [0.25, 0.3) is 0 Å². The van der Waals surface area contributed by atoms with Crippen LogP contribution in [0.25, 0.3) is 0 Å². The van der Waals surface area contributed by atoms with Crippen LogP contribution in [0.2, 0.25) is 0 Å². The lowest BCUT2D eigenvalue weighted by Crippen LogP contribution is -2.41. The van der Waals surface area contributed by atoms with Crippen LogP contribution in [0, 0.1) is 0 Å². The highest BCUT2D eigenvalue weighted by Gasteiger charge is 2.23. The number of rotatable bonds is 12. The van der Waals surface area contributed by atoms with E-state index in [1.54, 1.807) is 25.7 Å². The Morgan fingerprint density at radius 1 is 0.743 bits per heavy atom. The molecule has 0 aromatic carbocycles. The standard InChI is InChI=1S/C25H50N4O6/c1-23(2,3)33-20(30)27-16-12-18-29(22(32)35-25(7,8)9)17-11-14-19(13-10-15-26)28-21(31)34-24(4,5)6/h19H,10-18,26H2,1-9H3,(H,27,30)(H,28,31). The lowest BCUT2D eigenvalue weighted by Gasteiger charge is -2.28. The van der Waals surface area contributed by atoms with Crippen molar-refractivity contribution in [2.24, 2.45) is 5.73 Å². The summed E-state index contributed by atoms with van der Waals surface area (Å²) in [6.07, 6.45) is 2.00. The molecule has 0 heterocycles. The summed E-state index contributed by atoms with van der Waals surface area (Å²) in [5.74, 6) is 0. The van der Waals surface area contributed by atoms with E-state index in [1.807, 2.05) is 41.5 Å². The third kappa shape index (κ3) is 19.7. The van der Waals surface area contributed by atoms with Gasteiger partial charge in [0.05, 0.1) is 0 Å². The van der Waals surface area contributed by atoms with Gasteiger partial charge >= 0.3 is 18.3 Å². The Hall–Kier alpha value is -2.23. The summed E-state index contributed by atoms with van der Waals surface area (Å²) in [4.78, 5) is 38.4. The number of nitrogens with zero attached hydrogens (tertiary/aromatic N) is 1. The summed E-state index contributed by atoms with van der Waals surface area (Å²) in [6, 6.07) is -0.109. The fourth-order valence-electron chi connectivity index (χ4n) is 3.05. The van der Waals surface area contributed by atoms with Gasteiger partial charge in [-0.25, -0.2) is 14.4 Å². The van der Waals surface area contributed by atoms with Crippen molar-refractivity contribution in [2.45, 2.75) is 117 Å². The molecule has 10 heteroatoms. The zero-order chi connectivity index (χ0) is 27.3. The fraction of sp³-hybridized carbons (Fsp3) is 0.880. The van der Waals surface area contributed by atoms with E-state index in [-0.39, 0.29) is 6.04 Å². The van der Waals surface area contributed by atoms with Gasteiger partial charge in [0.2, 0.25) is 0 Å². The number of ether oxygens (including phenoxy) is 3. The van der Waals surface area contributed by atoms with Crippen LogP contribution in [0.3, 0.4) is 0 Å². The number of hydrogen-bond donors (Lipinski definition) is 3. The number of alkyl carbamates (subject to hydrolysis) is 2. The molecule has 0 aromatic heterocycles. The van der Waals surface area contributed by atoms with Gasteiger partial charge in [-0.3, -0.25) is 0 Å². The van der Waals surface area contributed by atoms with Crippen LogP contribution in [-0.4, -0.2) is 72.2 Å². The molecule has 10 nitrogen and oxygen atoms in total. The Balaban J connectivity index is 4.90. The molecule has 0 fully saturated rings. The molecular formula is C25H50N4O6. The summed E-state index contributed by atoms with van der Waals surface area (Å²) in [5, 5.41) is 5.63. The minimum absolute atomic E-state index is 0.109. The van der Waals surface area contributed by atoms with Gasteiger partial charge in [0, 0.05) is 25.7 Å². The van der Waals surface area contributed by atoms with Crippen molar-refractivity contribution < 1.29 is 28.6 Å². The maximum Gasteiger partial charge on any atom is 0.410 e. The number of hydrogen-bond acceptors (Lipinski definition) is 7. The predicted molar refractivity (Wildman–Crippen MR) is 137 cm³/mol. The number of nitrogens with one attached hydrogen (secondary N) is 2. The van der Waals surface area contributed by atoms with E-state index in [2.05, 4.69) is 10.6 Å². The second-order valence-corrected chi connectivity index (χ2v) is 11.7. The molecule has 0 rings (SSSR count). The molecule has 0 bridgehead atoms. The molecule has 0 aliphatic heterocycles. The zero-order valence-corrected chi connectivity index (χ0v) is 23.4. The molecule has 0 saturated carbocycles. The number of amides is 3. The van der Waals surface area contributed by atoms with E-state index in [0.717, 1.165) is 12.8 Å². The van der Waals surface area contributed by atoms with Gasteiger partial charge in [0.1, 0.15) is 16.8 Å². The summed E-state index contributed by atoms with van der Waals surface area (Å²) >= 11 is 0. The fourth-order valence-corrected chi connectivity index (χ4v) is 3.05. The Kier molecular flexibility index (Phi) is 14.1. The Labute approximate surface area is 212 Å². The van der Waals surface area contributed by atoms with Gasteiger partial charge in [-0.15, -0.1) is 0 Å². The first kappa shape index (κ1) is 32.8. The average Bonchev–Trinajstić information content (AvgIpc) is 2.63. The zero-order valence-electron chi connectivity index (χ0n) is 23.4. The van der Waals surface area contributed by atoms with E-state index in [0.29, 0.717) is 45.4 Å². The average molecular weight is 503 g/mol. The molecule has 1 atom stereocenters. The first-order valence-electron chi connectivity index (χ1n) is 12.6. The van der Waals surface area contributed by atoms with Crippen molar-refractivity contribution in [2.75, 3.05) is 26.2 Å². The predicted octanol–water partition coefficient (Wildman–Crippen LogP) is 4.55. The summed E-state index contributed by atoms with van der Waals surface area (Å²) in [5.41, 5.74) is 3.89. The molecule has 35 heavy (non-hydrogen) atoms. The summed E-state index contributed by atoms with van der Waals surface area (Å²) in [6.45, 7) is 18.1. The molecule has 0 saturated heterocycles. The Morgan fingerprint density at radius 3 is 1.74 bits per heavy atom. The summed E-state index contributed by atoms with van der Waals surface area (Å²) < 4.78 is 16.2. The maximum atomic E-state index is 12.7. The van der Waals surface area contributed by atoms with Crippen molar-refractivity contribution in [1.29, 1.82) is 0 Å². The van der Waals surface area contributed by atoms with Crippen molar-refractivity contribution in [3.63, 3.8) is 0 Å². The minimum Gasteiger partial charge on any atom is -0.444 e. The van der Waals surface area contributed by atoms with Crippen LogP contribution in [0.1, 0.15) is 94.4 Å². The molecule has 0 aromatic rings. The second-order valence-electron chi connectivity index (χ2n) is 11.7. The number of nitrogens with two attached hydrogens (primary N) is 1. The Morgan fingerprint density at radius 2 is 1.23 bits per heavy atom. The van der Waals surface area contributed by atoms with Gasteiger partial charge < -0.3 is 35.5 Å².